The summed E-state index contributed by atoms with van der Waals surface area (Å²) in [5.41, 5.74) is 5.16. The molecule has 0 unspecified atom stereocenters. The van der Waals surface area contributed by atoms with Crippen molar-refractivity contribution in [1.29, 1.82) is 0 Å². The van der Waals surface area contributed by atoms with Crippen LogP contribution in [0.25, 0.3) is 0 Å². The lowest BCUT2D eigenvalue weighted by Crippen LogP contribution is -2.44. The normalized spacial score (nSPS) is 17.9. The molecule has 5 rings (SSSR count). The molecule has 0 radical (unpaired) electrons. The van der Waals surface area contributed by atoms with E-state index in [0.29, 0.717) is 6.54 Å². The second-order valence-corrected chi connectivity index (χ2v) is 18.6. The van der Waals surface area contributed by atoms with Gasteiger partial charge in [-0.2, -0.15) is 17.0 Å². The molecular weight excluding hydrogens is 574 g/mol. The van der Waals surface area contributed by atoms with E-state index in [1.54, 1.807) is 14.1 Å². The van der Waals surface area contributed by atoms with Gasteiger partial charge in [-0.15, -0.1) is 0 Å². The molecule has 1 heterocycles. The number of hydrogen-bond acceptors (Lipinski definition) is 2. The van der Waals surface area contributed by atoms with E-state index in [0.717, 1.165) is 12.6 Å². The largest absolute Gasteiger partial charge is 0.281 e. The third kappa shape index (κ3) is 6.88. The summed E-state index contributed by atoms with van der Waals surface area (Å²) in [6.07, 6.45) is 1.65. The zero-order valence-electron chi connectivity index (χ0n) is 25.5. The molecule has 0 saturated carbocycles. The van der Waals surface area contributed by atoms with Crippen molar-refractivity contribution in [3.63, 3.8) is 0 Å². The fraction of sp³-hybridized carbons (Fsp3) is 0.314. The van der Waals surface area contributed by atoms with E-state index in [2.05, 4.69) is 125 Å². The summed E-state index contributed by atoms with van der Waals surface area (Å²) in [5.74, 6) is 0. The van der Waals surface area contributed by atoms with Gasteiger partial charge >= 0.3 is 0 Å². The standard InChI is InChI=1S/C35H42N2O2P2S/c1-26-7-15-31(16-8-26)40(32-17-9-27(2)10-18-32)25-30-23-35(24-37(30)42(38,39)36(5)6)41(33-19-11-28(3)12-20-33)34-21-13-29(4)14-22-34/h7-22,30,35H,23-25H2,1-6H3/t30-,35-/m0/s1. The van der Waals surface area contributed by atoms with Crippen LogP contribution in [0.1, 0.15) is 28.7 Å². The first kappa shape index (κ1) is 31.0. The minimum Gasteiger partial charge on any atom is -0.195 e. The van der Waals surface area contributed by atoms with Gasteiger partial charge < -0.3 is 0 Å². The molecule has 0 bridgehead atoms. The van der Waals surface area contributed by atoms with Crippen molar-refractivity contribution in [1.82, 2.24) is 8.61 Å². The van der Waals surface area contributed by atoms with Crippen molar-refractivity contribution in [3.8, 4) is 0 Å². The van der Waals surface area contributed by atoms with Crippen LogP contribution in [-0.4, -0.2) is 55.5 Å². The van der Waals surface area contributed by atoms with E-state index in [-0.39, 0.29) is 11.7 Å². The average molecular weight is 617 g/mol. The van der Waals surface area contributed by atoms with Gasteiger partial charge in [-0.25, -0.2) is 0 Å². The second kappa shape index (κ2) is 13.1. The van der Waals surface area contributed by atoms with Gasteiger partial charge in [0, 0.05) is 32.3 Å². The average Bonchev–Trinajstić information content (AvgIpc) is 3.39. The van der Waals surface area contributed by atoms with Gasteiger partial charge in [0.2, 0.25) is 0 Å². The predicted octanol–water partition coefficient (Wildman–Crippen LogP) is 5.74. The fourth-order valence-electron chi connectivity index (χ4n) is 5.71. The Morgan fingerprint density at radius 2 is 1.00 bits per heavy atom. The van der Waals surface area contributed by atoms with E-state index in [4.69, 9.17) is 0 Å². The number of aryl methyl sites for hydroxylation is 4. The first-order valence-corrected chi connectivity index (χ1v) is 18.9. The number of nitrogens with zero attached hydrogens (tertiary/aromatic N) is 2. The first-order chi connectivity index (χ1) is 20.0. The maximum atomic E-state index is 13.9. The second-order valence-electron chi connectivity index (χ2n) is 11.7. The molecule has 4 nitrogen and oxygen atoms in total. The van der Waals surface area contributed by atoms with Gasteiger partial charge in [0.25, 0.3) is 10.2 Å². The molecule has 7 heteroatoms. The molecule has 2 atom stereocenters. The molecule has 1 fully saturated rings. The molecule has 4 aromatic rings. The van der Waals surface area contributed by atoms with Gasteiger partial charge in [-0.3, -0.25) is 0 Å². The van der Waals surface area contributed by atoms with Crippen LogP contribution in [-0.2, 0) is 10.2 Å². The maximum absolute atomic E-state index is 13.9. The van der Waals surface area contributed by atoms with Gasteiger partial charge in [0.15, 0.2) is 0 Å². The molecular formula is C35H42N2O2P2S. The lowest BCUT2D eigenvalue weighted by molar-refractivity contribution is 0.374. The molecule has 0 aromatic heterocycles. The van der Waals surface area contributed by atoms with Crippen LogP contribution < -0.4 is 21.2 Å². The first-order valence-electron chi connectivity index (χ1n) is 14.6. The fourth-order valence-corrected chi connectivity index (χ4v) is 12.6. The third-order valence-corrected chi connectivity index (χ3v) is 15.6. The molecule has 0 N–H and O–H groups in total. The molecule has 0 spiro atoms. The summed E-state index contributed by atoms with van der Waals surface area (Å²) in [7, 11) is -1.80. The lowest BCUT2D eigenvalue weighted by atomic mass is 10.2. The van der Waals surface area contributed by atoms with Gasteiger partial charge in [0.05, 0.1) is 0 Å². The summed E-state index contributed by atoms with van der Waals surface area (Å²) in [4.78, 5) is 0. The number of benzene rings is 4. The number of hydrogen-bond donors (Lipinski definition) is 0. The molecule has 4 aromatic carbocycles. The van der Waals surface area contributed by atoms with Crippen LogP contribution >= 0.6 is 15.8 Å². The Labute approximate surface area is 255 Å². The highest BCUT2D eigenvalue weighted by Gasteiger charge is 2.44. The van der Waals surface area contributed by atoms with Crippen LogP contribution in [0.2, 0.25) is 0 Å². The van der Waals surface area contributed by atoms with Crippen LogP contribution in [0.3, 0.4) is 0 Å². The van der Waals surface area contributed by atoms with Gasteiger partial charge in [-0.1, -0.05) is 119 Å². The van der Waals surface area contributed by atoms with E-state index in [1.165, 1.54) is 47.8 Å². The lowest BCUT2D eigenvalue weighted by Gasteiger charge is -2.30. The summed E-state index contributed by atoms with van der Waals surface area (Å²) in [6.45, 7) is 9.00. The summed E-state index contributed by atoms with van der Waals surface area (Å²) in [6, 6.07) is 35.4. The quantitative estimate of drug-likeness (QED) is 0.225. The van der Waals surface area contributed by atoms with Crippen LogP contribution in [0.5, 0.6) is 0 Å². The minimum atomic E-state index is -3.61. The van der Waals surface area contributed by atoms with Gasteiger partial charge in [0.1, 0.15) is 0 Å². The highest BCUT2D eigenvalue weighted by molar-refractivity contribution is 7.86. The van der Waals surface area contributed by atoms with Crippen molar-refractivity contribution in [2.75, 3.05) is 26.8 Å². The highest BCUT2D eigenvalue weighted by Crippen LogP contribution is 2.48. The molecule has 1 aliphatic heterocycles. The zero-order chi connectivity index (χ0) is 30.0. The monoisotopic (exact) mass is 616 g/mol. The Bertz CT molecular complexity index is 1500. The highest BCUT2D eigenvalue weighted by atomic mass is 32.2. The van der Waals surface area contributed by atoms with Crippen LogP contribution in [0.4, 0.5) is 0 Å². The van der Waals surface area contributed by atoms with E-state index in [1.807, 2.05) is 4.31 Å². The third-order valence-electron chi connectivity index (χ3n) is 8.17. The van der Waals surface area contributed by atoms with E-state index < -0.39 is 26.1 Å². The van der Waals surface area contributed by atoms with Crippen molar-refractivity contribution in [3.05, 3.63) is 119 Å². The Kier molecular flexibility index (Phi) is 9.67. The Morgan fingerprint density at radius 1 is 0.643 bits per heavy atom. The summed E-state index contributed by atoms with van der Waals surface area (Å²) in [5, 5.41) is 5.21. The Balaban J connectivity index is 1.57. The molecule has 42 heavy (non-hydrogen) atoms. The zero-order valence-corrected chi connectivity index (χ0v) is 28.1. The molecule has 1 saturated heterocycles. The number of rotatable bonds is 9. The molecule has 220 valence electrons. The Morgan fingerprint density at radius 3 is 1.36 bits per heavy atom. The van der Waals surface area contributed by atoms with Crippen molar-refractivity contribution in [2.45, 2.75) is 45.8 Å². The van der Waals surface area contributed by atoms with Crippen LogP contribution in [0.15, 0.2) is 97.1 Å². The SMILES string of the molecule is Cc1ccc(P(C[C@@H]2C[C@H](P(c3ccc(C)cc3)c3ccc(C)cc3)CN2S(=O)(=O)N(C)C)c2ccc(C)cc2)cc1. The van der Waals surface area contributed by atoms with Gasteiger partial charge in [-0.05, 0) is 77.3 Å². The van der Waals surface area contributed by atoms with Crippen molar-refractivity contribution < 1.29 is 8.42 Å². The smallest absolute Gasteiger partial charge is 0.195 e. The Hall–Kier alpha value is -2.39. The topological polar surface area (TPSA) is 40.6 Å². The van der Waals surface area contributed by atoms with E-state index >= 15 is 0 Å². The summed E-state index contributed by atoms with van der Waals surface area (Å²) < 4.78 is 31.0. The van der Waals surface area contributed by atoms with Crippen molar-refractivity contribution >= 4 is 47.3 Å². The predicted molar refractivity (Wildman–Crippen MR) is 183 cm³/mol. The van der Waals surface area contributed by atoms with Crippen molar-refractivity contribution in [2.24, 2.45) is 0 Å². The van der Waals surface area contributed by atoms with Crippen LogP contribution in [0, 0.1) is 27.7 Å². The summed E-state index contributed by atoms with van der Waals surface area (Å²) >= 11 is 0. The maximum Gasteiger partial charge on any atom is 0.281 e. The van der Waals surface area contributed by atoms with E-state index in [9.17, 15) is 8.42 Å². The molecule has 1 aliphatic rings. The minimum absolute atomic E-state index is 0.0861. The molecule has 0 aliphatic carbocycles. The molecule has 0 amide bonds.